The molecule has 1 fully saturated rings. The monoisotopic (exact) mass is 409 g/mol. The zero-order valence-corrected chi connectivity index (χ0v) is 16.2. The van der Waals surface area contributed by atoms with Crippen molar-refractivity contribution in [2.45, 2.75) is 6.92 Å². The van der Waals surface area contributed by atoms with Crippen LogP contribution in [0.25, 0.3) is 0 Å². The number of hydrogen-bond donors (Lipinski definition) is 1. The summed E-state index contributed by atoms with van der Waals surface area (Å²) in [5.41, 5.74) is 1.76. The number of rotatable bonds is 5. The predicted molar refractivity (Wildman–Crippen MR) is 104 cm³/mol. The first kappa shape index (κ1) is 20.2. The van der Waals surface area contributed by atoms with Crippen LogP contribution in [0, 0.1) is 18.6 Å². The maximum Gasteiger partial charge on any atom is 0.241 e. The van der Waals surface area contributed by atoms with Crippen LogP contribution in [0.5, 0.6) is 0 Å². The van der Waals surface area contributed by atoms with Crippen molar-refractivity contribution in [3.63, 3.8) is 0 Å². The Morgan fingerprint density at radius 1 is 1.07 bits per heavy atom. The summed E-state index contributed by atoms with van der Waals surface area (Å²) in [5.74, 6) is -3.30. The van der Waals surface area contributed by atoms with Crippen LogP contribution in [0.2, 0.25) is 0 Å². The molecular weight excluding hydrogens is 388 g/mol. The van der Waals surface area contributed by atoms with E-state index >= 15 is 0 Å². The molecule has 1 aliphatic heterocycles. The van der Waals surface area contributed by atoms with Crippen molar-refractivity contribution in [1.82, 2.24) is 4.31 Å². The highest BCUT2D eigenvalue weighted by Gasteiger charge is 2.29. The maximum atomic E-state index is 13.6. The molecule has 0 radical (unpaired) electrons. The first-order chi connectivity index (χ1) is 13.2. The van der Waals surface area contributed by atoms with Gasteiger partial charge in [0, 0.05) is 37.9 Å². The number of halogens is 2. The number of hydrogen-bond acceptors (Lipinski definition) is 4. The van der Waals surface area contributed by atoms with Crippen molar-refractivity contribution < 1.29 is 22.0 Å². The van der Waals surface area contributed by atoms with Crippen LogP contribution < -0.4 is 10.2 Å². The molecule has 1 saturated heterocycles. The molecule has 150 valence electrons. The number of carbonyl (C=O) groups excluding carboxylic acids is 1. The molecule has 2 aromatic carbocycles. The fourth-order valence-corrected chi connectivity index (χ4v) is 4.39. The molecule has 3 rings (SSSR count). The highest BCUT2D eigenvalue weighted by atomic mass is 32.2. The van der Waals surface area contributed by atoms with Crippen molar-refractivity contribution in [3.05, 3.63) is 59.7 Å². The minimum atomic E-state index is -3.86. The van der Waals surface area contributed by atoms with E-state index < -0.39 is 33.3 Å². The smallest absolute Gasteiger partial charge is 0.241 e. The van der Waals surface area contributed by atoms with Gasteiger partial charge in [0.1, 0.15) is 17.4 Å². The van der Waals surface area contributed by atoms with Crippen LogP contribution in [0.1, 0.15) is 5.56 Å². The van der Waals surface area contributed by atoms with E-state index in [1.165, 1.54) is 4.31 Å². The standard InChI is InChI=1S/C19H21F2N3O3S/c1-14-3-2-4-16(11-14)23-7-9-24(10-8-23)28(26,27)13-19(25)22-18-12-15(20)5-6-17(18)21/h2-6,11-12H,7-10,13H2,1H3,(H,22,25). The van der Waals surface area contributed by atoms with Gasteiger partial charge in [-0.05, 0) is 36.8 Å². The number of nitrogens with one attached hydrogen (secondary N) is 1. The molecule has 0 bridgehead atoms. The molecule has 0 aliphatic carbocycles. The second kappa shape index (κ2) is 8.24. The summed E-state index contributed by atoms with van der Waals surface area (Å²) in [6.07, 6.45) is 0. The molecule has 2 aromatic rings. The van der Waals surface area contributed by atoms with Crippen LogP contribution in [-0.2, 0) is 14.8 Å². The summed E-state index contributed by atoms with van der Waals surface area (Å²) in [7, 11) is -3.86. The van der Waals surface area contributed by atoms with E-state index in [0.717, 1.165) is 29.4 Å². The minimum Gasteiger partial charge on any atom is -0.369 e. The Morgan fingerprint density at radius 3 is 2.46 bits per heavy atom. The van der Waals surface area contributed by atoms with Gasteiger partial charge in [-0.15, -0.1) is 0 Å². The first-order valence-electron chi connectivity index (χ1n) is 8.79. The van der Waals surface area contributed by atoms with E-state index in [1.54, 1.807) is 0 Å². The lowest BCUT2D eigenvalue weighted by Crippen LogP contribution is -2.50. The Morgan fingerprint density at radius 2 is 1.79 bits per heavy atom. The summed E-state index contributed by atoms with van der Waals surface area (Å²) >= 11 is 0. The quantitative estimate of drug-likeness (QED) is 0.823. The van der Waals surface area contributed by atoms with Crippen LogP contribution in [0.15, 0.2) is 42.5 Å². The Kier molecular flexibility index (Phi) is 5.95. The van der Waals surface area contributed by atoms with Gasteiger partial charge in [0.05, 0.1) is 5.69 Å². The lowest BCUT2D eigenvalue weighted by molar-refractivity contribution is -0.114. The average Bonchev–Trinajstić information content (AvgIpc) is 2.64. The number of anilines is 2. The lowest BCUT2D eigenvalue weighted by Gasteiger charge is -2.35. The van der Waals surface area contributed by atoms with Crippen molar-refractivity contribution in [1.29, 1.82) is 0 Å². The number of nitrogens with zero attached hydrogens (tertiary/aromatic N) is 2. The molecule has 0 unspecified atom stereocenters. The fraction of sp³-hybridized carbons (Fsp3) is 0.316. The molecule has 0 saturated carbocycles. The summed E-state index contributed by atoms with van der Waals surface area (Å²) in [5, 5.41) is 2.12. The predicted octanol–water partition coefficient (Wildman–Crippen LogP) is 2.36. The second-order valence-electron chi connectivity index (χ2n) is 6.65. The zero-order valence-electron chi connectivity index (χ0n) is 15.4. The van der Waals surface area contributed by atoms with Crippen LogP contribution in [0.3, 0.4) is 0 Å². The molecule has 1 heterocycles. The Hall–Kier alpha value is -2.52. The minimum absolute atomic E-state index is 0.248. The first-order valence-corrected chi connectivity index (χ1v) is 10.4. The van der Waals surface area contributed by atoms with Crippen molar-refractivity contribution in [3.8, 4) is 0 Å². The summed E-state index contributed by atoms with van der Waals surface area (Å²) in [6, 6.07) is 10.5. The summed E-state index contributed by atoms with van der Waals surface area (Å²) < 4.78 is 53.1. The topological polar surface area (TPSA) is 69.7 Å². The number of carbonyl (C=O) groups is 1. The van der Waals surface area contributed by atoms with Crippen molar-refractivity contribution in [2.24, 2.45) is 0 Å². The summed E-state index contributed by atoms with van der Waals surface area (Å²) in [4.78, 5) is 14.1. The molecular formula is C19H21F2N3O3S. The van der Waals surface area contributed by atoms with Crippen LogP contribution >= 0.6 is 0 Å². The largest absolute Gasteiger partial charge is 0.369 e. The third-order valence-corrected chi connectivity index (χ3v) is 6.29. The average molecular weight is 409 g/mol. The SMILES string of the molecule is Cc1cccc(N2CCN(S(=O)(=O)CC(=O)Nc3cc(F)ccc3F)CC2)c1. The van der Waals surface area contributed by atoms with Gasteiger partial charge >= 0.3 is 0 Å². The van der Waals surface area contributed by atoms with Gasteiger partial charge in [-0.1, -0.05) is 12.1 Å². The number of piperazine rings is 1. The highest BCUT2D eigenvalue weighted by molar-refractivity contribution is 7.89. The third kappa shape index (κ3) is 4.85. The maximum absolute atomic E-state index is 13.6. The van der Waals surface area contributed by atoms with E-state index in [1.807, 2.05) is 31.2 Å². The molecule has 6 nitrogen and oxygen atoms in total. The van der Waals surface area contributed by atoms with Crippen LogP contribution in [0.4, 0.5) is 20.2 Å². The number of sulfonamides is 1. The molecule has 9 heteroatoms. The van der Waals surface area contributed by atoms with E-state index in [9.17, 15) is 22.0 Å². The molecule has 1 aliphatic rings. The molecule has 1 N–H and O–H groups in total. The van der Waals surface area contributed by atoms with Crippen LogP contribution in [-0.4, -0.2) is 50.6 Å². The van der Waals surface area contributed by atoms with Gasteiger partial charge in [-0.25, -0.2) is 17.2 Å². The van der Waals surface area contributed by atoms with Gasteiger partial charge in [-0.2, -0.15) is 4.31 Å². The Labute approximate surface area is 162 Å². The molecule has 0 aromatic heterocycles. The number of amides is 1. The van der Waals surface area contributed by atoms with Gasteiger partial charge < -0.3 is 10.2 Å². The Bertz CT molecular complexity index is 974. The third-order valence-electron chi connectivity index (χ3n) is 4.51. The lowest BCUT2D eigenvalue weighted by atomic mass is 10.2. The van der Waals surface area contributed by atoms with E-state index in [4.69, 9.17) is 0 Å². The van der Waals surface area contributed by atoms with Gasteiger partial charge in [0.2, 0.25) is 15.9 Å². The molecule has 0 spiro atoms. The fourth-order valence-electron chi connectivity index (χ4n) is 3.09. The van der Waals surface area contributed by atoms with E-state index in [2.05, 4.69) is 10.2 Å². The van der Waals surface area contributed by atoms with E-state index in [0.29, 0.717) is 13.1 Å². The zero-order chi connectivity index (χ0) is 20.3. The van der Waals surface area contributed by atoms with Crippen molar-refractivity contribution >= 4 is 27.3 Å². The number of aryl methyl sites for hydroxylation is 1. The number of benzene rings is 2. The van der Waals surface area contributed by atoms with Gasteiger partial charge in [0.25, 0.3) is 0 Å². The van der Waals surface area contributed by atoms with Crippen molar-refractivity contribution in [2.75, 3.05) is 42.1 Å². The van der Waals surface area contributed by atoms with Gasteiger partial charge in [-0.3, -0.25) is 4.79 Å². The molecule has 0 atom stereocenters. The highest BCUT2D eigenvalue weighted by Crippen LogP contribution is 2.19. The van der Waals surface area contributed by atoms with E-state index in [-0.39, 0.29) is 18.8 Å². The summed E-state index contributed by atoms with van der Waals surface area (Å²) in [6.45, 7) is 3.49. The normalized spacial score (nSPS) is 15.5. The molecule has 1 amide bonds. The second-order valence-corrected chi connectivity index (χ2v) is 8.62. The molecule has 28 heavy (non-hydrogen) atoms. The van der Waals surface area contributed by atoms with Gasteiger partial charge in [0.15, 0.2) is 0 Å². The Balaban J connectivity index is 1.59.